The highest BCUT2D eigenvalue weighted by atomic mass is 16.5. The Morgan fingerprint density at radius 3 is 2.80 bits per heavy atom. The van der Waals surface area contributed by atoms with Crippen LogP contribution in [0.1, 0.15) is 6.92 Å². The number of fused-ring (bicyclic) bond motifs is 1. The van der Waals surface area contributed by atoms with E-state index in [1.807, 2.05) is 43.3 Å². The molecule has 2 aromatic heterocycles. The van der Waals surface area contributed by atoms with Crippen molar-refractivity contribution in [1.29, 1.82) is 0 Å². The van der Waals surface area contributed by atoms with Crippen LogP contribution in [0.2, 0.25) is 0 Å². The first-order valence-corrected chi connectivity index (χ1v) is 6.45. The first-order valence-electron chi connectivity index (χ1n) is 6.45. The van der Waals surface area contributed by atoms with Crippen LogP contribution in [0.5, 0.6) is 11.6 Å². The van der Waals surface area contributed by atoms with Crippen molar-refractivity contribution in [2.75, 3.05) is 11.9 Å². The van der Waals surface area contributed by atoms with Gasteiger partial charge in [0.05, 0.1) is 17.1 Å². The number of pyridine rings is 1. The van der Waals surface area contributed by atoms with Gasteiger partial charge in [0.15, 0.2) is 0 Å². The predicted molar refractivity (Wildman–Crippen MR) is 78.0 cm³/mol. The summed E-state index contributed by atoms with van der Waals surface area (Å²) in [6, 6.07) is 11.4. The predicted octanol–water partition coefficient (Wildman–Crippen LogP) is 3.25. The lowest BCUT2D eigenvalue weighted by atomic mass is 10.2. The zero-order chi connectivity index (χ0) is 13.8. The maximum Gasteiger partial charge on any atom is 0.232 e. The highest BCUT2D eigenvalue weighted by Crippen LogP contribution is 2.27. The van der Waals surface area contributed by atoms with E-state index in [2.05, 4.69) is 20.3 Å². The van der Waals surface area contributed by atoms with Crippen molar-refractivity contribution >= 4 is 16.9 Å². The first-order chi connectivity index (χ1) is 9.86. The average Bonchev–Trinajstić information content (AvgIpc) is 2.49. The lowest BCUT2D eigenvalue weighted by molar-refractivity contribution is 0.467. The van der Waals surface area contributed by atoms with E-state index in [1.54, 1.807) is 12.4 Å². The van der Waals surface area contributed by atoms with E-state index in [4.69, 9.17) is 4.74 Å². The molecule has 20 heavy (non-hydrogen) atoms. The molecule has 0 fully saturated rings. The standard InChI is InChI=1S/C15H14N4O/c1-2-17-15-18-13-8-4-3-7-12(13)14(19-15)20-11-6-5-9-16-10-11/h3-10H,2H2,1H3,(H,17,18,19). The molecule has 2 heterocycles. The van der Waals surface area contributed by atoms with Gasteiger partial charge in [-0.05, 0) is 31.2 Å². The summed E-state index contributed by atoms with van der Waals surface area (Å²) in [5, 5.41) is 3.98. The molecule has 0 saturated carbocycles. The molecule has 0 unspecified atom stereocenters. The quantitative estimate of drug-likeness (QED) is 0.785. The van der Waals surface area contributed by atoms with Crippen LogP contribution in [0, 0.1) is 0 Å². The molecule has 100 valence electrons. The van der Waals surface area contributed by atoms with Crippen LogP contribution in [0.3, 0.4) is 0 Å². The Morgan fingerprint density at radius 2 is 2.00 bits per heavy atom. The molecule has 0 saturated heterocycles. The van der Waals surface area contributed by atoms with Gasteiger partial charge in [-0.2, -0.15) is 4.98 Å². The van der Waals surface area contributed by atoms with Crippen LogP contribution in [-0.4, -0.2) is 21.5 Å². The van der Waals surface area contributed by atoms with Gasteiger partial charge in [-0.25, -0.2) is 4.98 Å². The van der Waals surface area contributed by atoms with Crippen LogP contribution < -0.4 is 10.1 Å². The van der Waals surface area contributed by atoms with E-state index < -0.39 is 0 Å². The second kappa shape index (κ2) is 5.52. The second-order valence-electron chi connectivity index (χ2n) is 4.19. The van der Waals surface area contributed by atoms with Crippen LogP contribution in [0.4, 0.5) is 5.95 Å². The third kappa shape index (κ3) is 2.51. The van der Waals surface area contributed by atoms with Gasteiger partial charge in [-0.15, -0.1) is 0 Å². The van der Waals surface area contributed by atoms with Crippen molar-refractivity contribution in [2.24, 2.45) is 0 Å². The molecular weight excluding hydrogens is 252 g/mol. The molecule has 0 radical (unpaired) electrons. The van der Waals surface area contributed by atoms with Gasteiger partial charge in [0.2, 0.25) is 11.8 Å². The number of anilines is 1. The Bertz CT molecular complexity index is 715. The lowest BCUT2D eigenvalue weighted by Gasteiger charge is -2.09. The van der Waals surface area contributed by atoms with Gasteiger partial charge in [0, 0.05) is 12.7 Å². The minimum Gasteiger partial charge on any atom is -0.437 e. The fourth-order valence-corrected chi connectivity index (χ4v) is 1.88. The molecule has 0 aliphatic rings. The first kappa shape index (κ1) is 12.3. The maximum atomic E-state index is 5.83. The second-order valence-corrected chi connectivity index (χ2v) is 4.19. The van der Waals surface area contributed by atoms with E-state index in [1.165, 1.54) is 0 Å². The molecule has 0 atom stereocenters. The molecular formula is C15H14N4O. The zero-order valence-electron chi connectivity index (χ0n) is 11.1. The number of hydrogen-bond acceptors (Lipinski definition) is 5. The number of para-hydroxylation sites is 1. The highest BCUT2D eigenvalue weighted by molar-refractivity contribution is 5.84. The van der Waals surface area contributed by atoms with Crippen LogP contribution >= 0.6 is 0 Å². The monoisotopic (exact) mass is 266 g/mol. The Hall–Kier alpha value is -2.69. The molecule has 3 rings (SSSR count). The molecule has 1 aromatic carbocycles. The Balaban J connectivity index is 2.07. The number of hydrogen-bond donors (Lipinski definition) is 1. The minimum absolute atomic E-state index is 0.527. The minimum atomic E-state index is 0.527. The SMILES string of the molecule is CCNc1nc(Oc2cccnc2)c2ccccc2n1. The van der Waals surface area contributed by atoms with Crippen molar-refractivity contribution < 1.29 is 4.74 Å². The highest BCUT2D eigenvalue weighted by Gasteiger charge is 2.09. The molecule has 0 aliphatic carbocycles. The number of rotatable bonds is 4. The third-order valence-electron chi connectivity index (χ3n) is 2.75. The van der Waals surface area contributed by atoms with Crippen molar-refractivity contribution in [2.45, 2.75) is 6.92 Å². The van der Waals surface area contributed by atoms with E-state index in [-0.39, 0.29) is 0 Å². The number of nitrogens with one attached hydrogen (secondary N) is 1. The topological polar surface area (TPSA) is 59.9 Å². The van der Waals surface area contributed by atoms with Gasteiger partial charge in [0.25, 0.3) is 0 Å². The molecule has 0 spiro atoms. The van der Waals surface area contributed by atoms with E-state index in [9.17, 15) is 0 Å². The third-order valence-corrected chi connectivity index (χ3v) is 2.75. The van der Waals surface area contributed by atoms with Gasteiger partial charge in [0.1, 0.15) is 5.75 Å². The van der Waals surface area contributed by atoms with E-state index >= 15 is 0 Å². The fraction of sp³-hybridized carbons (Fsp3) is 0.133. The molecule has 1 N–H and O–H groups in total. The Morgan fingerprint density at radius 1 is 1.10 bits per heavy atom. The molecule has 5 heteroatoms. The van der Waals surface area contributed by atoms with Crippen molar-refractivity contribution in [3.63, 3.8) is 0 Å². The summed E-state index contributed by atoms with van der Waals surface area (Å²) < 4.78 is 5.83. The Kier molecular flexibility index (Phi) is 3.41. The number of aromatic nitrogens is 3. The number of benzene rings is 1. The number of ether oxygens (including phenoxy) is 1. The Labute approximate surface area is 116 Å². The summed E-state index contributed by atoms with van der Waals surface area (Å²) in [7, 11) is 0. The largest absolute Gasteiger partial charge is 0.437 e. The van der Waals surface area contributed by atoms with Crippen molar-refractivity contribution in [3.8, 4) is 11.6 Å². The fourth-order valence-electron chi connectivity index (χ4n) is 1.88. The zero-order valence-corrected chi connectivity index (χ0v) is 11.1. The maximum absolute atomic E-state index is 5.83. The lowest BCUT2D eigenvalue weighted by Crippen LogP contribution is -2.03. The smallest absolute Gasteiger partial charge is 0.232 e. The summed E-state index contributed by atoms with van der Waals surface area (Å²) >= 11 is 0. The molecule has 0 bridgehead atoms. The van der Waals surface area contributed by atoms with E-state index in [0.29, 0.717) is 17.6 Å². The average molecular weight is 266 g/mol. The van der Waals surface area contributed by atoms with E-state index in [0.717, 1.165) is 17.4 Å². The molecule has 3 aromatic rings. The summed E-state index contributed by atoms with van der Waals surface area (Å²) in [6.07, 6.45) is 3.36. The van der Waals surface area contributed by atoms with Gasteiger partial charge in [-0.3, -0.25) is 4.98 Å². The van der Waals surface area contributed by atoms with Gasteiger partial charge in [-0.1, -0.05) is 12.1 Å². The van der Waals surface area contributed by atoms with Crippen molar-refractivity contribution in [1.82, 2.24) is 15.0 Å². The molecule has 0 amide bonds. The summed E-state index contributed by atoms with van der Waals surface area (Å²) in [5.41, 5.74) is 0.845. The van der Waals surface area contributed by atoms with Gasteiger partial charge < -0.3 is 10.1 Å². The van der Waals surface area contributed by atoms with Crippen LogP contribution in [-0.2, 0) is 0 Å². The summed E-state index contributed by atoms with van der Waals surface area (Å²) in [6.45, 7) is 2.75. The molecule has 5 nitrogen and oxygen atoms in total. The van der Waals surface area contributed by atoms with Crippen LogP contribution in [0.15, 0.2) is 48.8 Å². The van der Waals surface area contributed by atoms with Gasteiger partial charge >= 0.3 is 0 Å². The number of nitrogens with zero attached hydrogens (tertiary/aromatic N) is 3. The molecule has 0 aliphatic heterocycles. The van der Waals surface area contributed by atoms with Crippen LogP contribution in [0.25, 0.3) is 10.9 Å². The normalized spacial score (nSPS) is 10.4. The summed E-state index contributed by atoms with van der Waals surface area (Å²) in [5.74, 6) is 1.74. The summed E-state index contributed by atoms with van der Waals surface area (Å²) in [4.78, 5) is 12.9. The van der Waals surface area contributed by atoms with Crippen molar-refractivity contribution in [3.05, 3.63) is 48.8 Å².